The zero-order chi connectivity index (χ0) is 24.9. The molecule has 1 amide bonds. The average molecular weight is 496 g/mol. The molecule has 1 unspecified atom stereocenters. The first-order chi connectivity index (χ1) is 16.9. The number of benzene rings is 2. The van der Waals surface area contributed by atoms with Crippen LogP contribution in [0.2, 0.25) is 5.02 Å². The molecular weight excluding hydrogens is 470 g/mol. The maximum atomic E-state index is 13.2. The number of halogens is 1. The Morgan fingerprint density at radius 2 is 2.00 bits per heavy atom. The molecule has 0 radical (unpaired) electrons. The summed E-state index contributed by atoms with van der Waals surface area (Å²) in [6.45, 7) is 3.21. The molecule has 0 saturated carbocycles. The second-order valence-corrected chi connectivity index (χ2v) is 8.41. The normalized spacial score (nSPS) is 17.1. The number of imidazole rings is 1. The molecule has 4 rings (SSSR count). The van der Waals surface area contributed by atoms with E-state index >= 15 is 0 Å². The Morgan fingerprint density at radius 3 is 2.69 bits per heavy atom. The van der Waals surface area contributed by atoms with Crippen LogP contribution in [0.25, 0.3) is 5.76 Å². The number of carbonyl (C=O) groups is 2. The van der Waals surface area contributed by atoms with Gasteiger partial charge in [-0.1, -0.05) is 23.7 Å². The lowest BCUT2D eigenvalue weighted by atomic mass is 9.95. The number of ether oxygens (including phenoxy) is 2. The van der Waals surface area contributed by atoms with E-state index in [9.17, 15) is 14.7 Å². The minimum Gasteiger partial charge on any atom is -0.507 e. The molecule has 0 spiro atoms. The van der Waals surface area contributed by atoms with E-state index in [0.29, 0.717) is 53.8 Å². The van der Waals surface area contributed by atoms with E-state index in [-0.39, 0.29) is 11.3 Å². The number of aromatic nitrogens is 2. The SMILES string of the molecule is CCOc1ccc(/C(O)=C2\C(=O)C(=O)N(CCCn3ccnc3)C2c2cccc(OC)c2)cc1Cl. The van der Waals surface area contributed by atoms with Crippen molar-refractivity contribution in [1.82, 2.24) is 14.5 Å². The molecule has 1 fully saturated rings. The molecule has 1 N–H and O–H groups in total. The van der Waals surface area contributed by atoms with Crippen molar-refractivity contribution in [2.24, 2.45) is 0 Å². The highest BCUT2D eigenvalue weighted by atomic mass is 35.5. The Balaban J connectivity index is 1.75. The van der Waals surface area contributed by atoms with Crippen LogP contribution in [-0.2, 0) is 16.1 Å². The first kappa shape index (κ1) is 24.3. The van der Waals surface area contributed by atoms with Crippen LogP contribution in [-0.4, -0.2) is 51.5 Å². The van der Waals surface area contributed by atoms with Gasteiger partial charge in [0.05, 0.1) is 36.7 Å². The molecule has 1 atom stereocenters. The van der Waals surface area contributed by atoms with Gasteiger partial charge in [-0.05, 0) is 49.2 Å². The maximum Gasteiger partial charge on any atom is 0.295 e. The van der Waals surface area contributed by atoms with Crippen molar-refractivity contribution in [3.8, 4) is 11.5 Å². The van der Waals surface area contributed by atoms with Gasteiger partial charge in [-0.3, -0.25) is 9.59 Å². The first-order valence-corrected chi connectivity index (χ1v) is 11.6. The quantitative estimate of drug-likeness (QED) is 0.268. The van der Waals surface area contributed by atoms with Crippen LogP contribution >= 0.6 is 11.6 Å². The smallest absolute Gasteiger partial charge is 0.295 e. The predicted molar refractivity (Wildman–Crippen MR) is 131 cm³/mol. The second kappa shape index (κ2) is 10.7. The van der Waals surface area contributed by atoms with E-state index in [1.54, 1.807) is 56.0 Å². The van der Waals surface area contributed by atoms with E-state index in [1.165, 1.54) is 11.0 Å². The molecule has 0 aliphatic carbocycles. The molecule has 1 aromatic heterocycles. The van der Waals surface area contributed by atoms with Crippen molar-refractivity contribution >= 4 is 29.1 Å². The van der Waals surface area contributed by atoms with E-state index in [2.05, 4.69) is 4.98 Å². The number of methoxy groups -OCH3 is 1. The fourth-order valence-corrected chi connectivity index (χ4v) is 4.42. The first-order valence-electron chi connectivity index (χ1n) is 11.3. The number of likely N-dealkylation sites (tertiary alicyclic amines) is 1. The number of nitrogens with zero attached hydrogens (tertiary/aromatic N) is 3. The zero-order valence-electron chi connectivity index (χ0n) is 19.5. The van der Waals surface area contributed by atoms with Crippen LogP contribution in [0.5, 0.6) is 11.5 Å². The van der Waals surface area contributed by atoms with Gasteiger partial charge in [0.1, 0.15) is 17.3 Å². The van der Waals surface area contributed by atoms with Crippen LogP contribution in [0.4, 0.5) is 0 Å². The molecule has 182 valence electrons. The van der Waals surface area contributed by atoms with E-state index in [0.717, 1.165) is 0 Å². The Bertz CT molecular complexity index is 1260. The monoisotopic (exact) mass is 495 g/mol. The molecule has 8 nitrogen and oxygen atoms in total. The summed E-state index contributed by atoms with van der Waals surface area (Å²) in [7, 11) is 1.54. The van der Waals surface area contributed by atoms with Crippen LogP contribution in [0.3, 0.4) is 0 Å². The largest absolute Gasteiger partial charge is 0.507 e. The Kier molecular flexibility index (Phi) is 7.41. The summed E-state index contributed by atoms with van der Waals surface area (Å²) in [5, 5.41) is 11.5. The number of aliphatic hydroxyl groups is 1. The van der Waals surface area contributed by atoms with E-state index < -0.39 is 17.7 Å². The Labute approximate surface area is 208 Å². The lowest BCUT2D eigenvalue weighted by Gasteiger charge is -2.25. The zero-order valence-corrected chi connectivity index (χ0v) is 20.2. The molecule has 2 heterocycles. The third-order valence-electron chi connectivity index (χ3n) is 5.83. The fraction of sp³-hybridized carbons (Fsp3) is 0.269. The topological polar surface area (TPSA) is 93.9 Å². The van der Waals surface area contributed by atoms with Crippen LogP contribution in [0.1, 0.15) is 30.5 Å². The number of rotatable bonds is 9. The maximum absolute atomic E-state index is 13.2. The van der Waals surface area contributed by atoms with Crippen molar-refractivity contribution in [2.45, 2.75) is 25.9 Å². The lowest BCUT2D eigenvalue weighted by Crippen LogP contribution is -2.31. The molecule has 35 heavy (non-hydrogen) atoms. The molecule has 1 aliphatic heterocycles. The van der Waals surface area contributed by atoms with Gasteiger partial charge < -0.3 is 24.0 Å². The molecular formula is C26H26ClN3O5. The number of ketones is 1. The highest BCUT2D eigenvalue weighted by Crippen LogP contribution is 2.41. The van der Waals surface area contributed by atoms with Crippen molar-refractivity contribution in [2.75, 3.05) is 20.3 Å². The Morgan fingerprint density at radius 1 is 1.17 bits per heavy atom. The summed E-state index contributed by atoms with van der Waals surface area (Å²) in [6.07, 6.45) is 5.82. The summed E-state index contributed by atoms with van der Waals surface area (Å²) in [5.74, 6) is -0.658. The number of aryl methyl sites for hydroxylation is 1. The molecule has 3 aromatic rings. The van der Waals surface area contributed by atoms with E-state index in [4.69, 9.17) is 21.1 Å². The van der Waals surface area contributed by atoms with E-state index in [1.807, 2.05) is 17.7 Å². The van der Waals surface area contributed by atoms with Crippen molar-refractivity contribution in [3.63, 3.8) is 0 Å². The van der Waals surface area contributed by atoms with Gasteiger partial charge in [0.2, 0.25) is 0 Å². The molecule has 0 bridgehead atoms. The predicted octanol–water partition coefficient (Wildman–Crippen LogP) is 4.46. The summed E-state index contributed by atoms with van der Waals surface area (Å²) in [5.41, 5.74) is 0.985. The van der Waals surface area contributed by atoms with Gasteiger partial charge in [0.15, 0.2) is 0 Å². The highest BCUT2D eigenvalue weighted by Gasteiger charge is 2.46. The molecule has 9 heteroatoms. The summed E-state index contributed by atoms with van der Waals surface area (Å²) in [4.78, 5) is 31.8. The van der Waals surface area contributed by atoms with Gasteiger partial charge in [0.25, 0.3) is 11.7 Å². The number of aliphatic hydroxyl groups excluding tert-OH is 1. The summed E-state index contributed by atoms with van der Waals surface area (Å²) >= 11 is 6.32. The van der Waals surface area contributed by atoms with Gasteiger partial charge in [-0.15, -0.1) is 0 Å². The summed E-state index contributed by atoms with van der Waals surface area (Å²) < 4.78 is 12.7. The van der Waals surface area contributed by atoms with Gasteiger partial charge in [-0.25, -0.2) is 4.98 Å². The fourth-order valence-electron chi connectivity index (χ4n) is 4.19. The highest BCUT2D eigenvalue weighted by molar-refractivity contribution is 6.46. The van der Waals surface area contributed by atoms with Crippen molar-refractivity contribution in [3.05, 3.63) is 82.9 Å². The van der Waals surface area contributed by atoms with Crippen molar-refractivity contribution in [1.29, 1.82) is 0 Å². The van der Waals surface area contributed by atoms with Gasteiger partial charge >= 0.3 is 0 Å². The van der Waals surface area contributed by atoms with Gasteiger partial charge in [0, 0.05) is 31.0 Å². The van der Waals surface area contributed by atoms with Crippen LogP contribution in [0, 0.1) is 0 Å². The van der Waals surface area contributed by atoms with Crippen LogP contribution < -0.4 is 9.47 Å². The third kappa shape index (κ3) is 5.02. The lowest BCUT2D eigenvalue weighted by molar-refractivity contribution is -0.139. The third-order valence-corrected chi connectivity index (χ3v) is 6.12. The number of amides is 1. The number of hydrogen-bond acceptors (Lipinski definition) is 6. The van der Waals surface area contributed by atoms with Crippen molar-refractivity contribution < 1.29 is 24.2 Å². The minimum atomic E-state index is -0.779. The molecule has 1 aliphatic rings. The number of carbonyl (C=O) groups excluding carboxylic acids is 2. The number of hydrogen-bond donors (Lipinski definition) is 1. The van der Waals surface area contributed by atoms with Gasteiger partial charge in [-0.2, -0.15) is 0 Å². The molecule has 2 aromatic carbocycles. The summed E-state index contributed by atoms with van der Waals surface area (Å²) in [6, 6.07) is 11.1. The molecule has 1 saturated heterocycles. The second-order valence-electron chi connectivity index (χ2n) is 8.00. The Hall–Kier alpha value is -3.78. The van der Waals surface area contributed by atoms with Crippen LogP contribution in [0.15, 0.2) is 66.8 Å². The average Bonchev–Trinajstić information content (AvgIpc) is 3.47. The standard InChI is InChI=1S/C26H26ClN3O5/c1-3-35-21-9-8-18(15-20(21)27)24(31)22-23(17-6-4-7-19(14-17)34-2)30(26(33)25(22)32)12-5-11-29-13-10-28-16-29/h4,6-10,13-16,23,31H,3,5,11-12H2,1-2H3/b24-22+. The minimum absolute atomic E-state index is 0.00566. The number of Topliss-reactive ketones (excluding diaryl/α,β-unsaturated/α-hetero) is 1.